The number of carbonyl (C=O) groups is 2. The highest BCUT2D eigenvalue weighted by molar-refractivity contribution is 7.53. The molecule has 6 nitrogen and oxygen atoms in total. The summed E-state index contributed by atoms with van der Waals surface area (Å²) in [5.41, 5.74) is 0.224. The van der Waals surface area contributed by atoms with Crippen LogP contribution in [0.25, 0.3) is 0 Å². The molecule has 0 fully saturated rings. The minimum Gasteiger partial charge on any atom is -0.457 e. The highest BCUT2D eigenvalue weighted by atomic mass is 31.2. The lowest BCUT2D eigenvalue weighted by atomic mass is 10.2. The summed E-state index contributed by atoms with van der Waals surface area (Å²) in [6, 6.07) is 1.33. The fourth-order valence-corrected chi connectivity index (χ4v) is 3.25. The van der Waals surface area contributed by atoms with Gasteiger partial charge in [0.25, 0.3) is 0 Å². The summed E-state index contributed by atoms with van der Waals surface area (Å²) in [6.07, 6.45) is 0.319. The Labute approximate surface area is 111 Å². The molecule has 1 aromatic heterocycles. The molecule has 0 radical (unpaired) electrons. The molecule has 0 amide bonds. The molecule has 0 saturated carbocycles. The van der Waals surface area contributed by atoms with Crippen LogP contribution in [0.1, 0.15) is 47.4 Å². The lowest BCUT2D eigenvalue weighted by molar-refractivity contribution is 0.101. The van der Waals surface area contributed by atoms with Crippen molar-refractivity contribution in [2.75, 3.05) is 13.2 Å². The van der Waals surface area contributed by atoms with Crippen molar-refractivity contribution in [3.05, 3.63) is 23.2 Å². The molecule has 0 aromatic carbocycles. The monoisotopic (exact) mass is 288 g/mol. The molecule has 0 N–H and O–H groups in total. The number of Topliss-reactive ketones (excluding diaryl/α,β-unsaturated/α-hetero) is 1. The van der Waals surface area contributed by atoms with Gasteiger partial charge in [0, 0.05) is 0 Å². The number of carbonyl (C=O) groups excluding carboxylic acids is 2. The summed E-state index contributed by atoms with van der Waals surface area (Å²) >= 11 is 0. The molecule has 7 heteroatoms. The number of hydrogen-bond donors (Lipinski definition) is 0. The van der Waals surface area contributed by atoms with E-state index in [1.54, 1.807) is 13.8 Å². The van der Waals surface area contributed by atoms with Gasteiger partial charge in [-0.05, 0) is 26.8 Å². The Bertz CT molecular complexity index is 494. The molecule has 1 heterocycles. The smallest absolute Gasteiger partial charge is 0.338 e. The van der Waals surface area contributed by atoms with Crippen LogP contribution >= 0.6 is 7.60 Å². The number of rotatable bonds is 8. The molecular formula is C12H17O6P. The predicted octanol–water partition coefficient (Wildman–Crippen LogP) is 3.06. The molecular weight excluding hydrogens is 271 g/mol. The maximum absolute atomic E-state index is 12.4. The Hall–Kier alpha value is -1.23. The Kier molecular flexibility index (Phi) is 5.66. The second-order valence-corrected chi connectivity index (χ2v) is 5.82. The SMILES string of the molecule is CCOP(=O)(Cc1oc(C=O)cc1C(C)=O)OCC. The van der Waals surface area contributed by atoms with E-state index >= 15 is 0 Å². The normalized spacial score (nSPS) is 11.5. The number of ketones is 1. The van der Waals surface area contributed by atoms with E-state index in [4.69, 9.17) is 13.5 Å². The van der Waals surface area contributed by atoms with Crippen LogP contribution in [0.5, 0.6) is 0 Å². The fraction of sp³-hybridized carbons (Fsp3) is 0.500. The lowest BCUT2D eigenvalue weighted by Gasteiger charge is -2.16. The topological polar surface area (TPSA) is 82.8 Å². The van der Waals surface area contributed by atoms with Crippen molar-refractivity contribution in [2.45, 2.75) is 26.9 Å². The van der Waals surface area contributed by atoms with E-state index in [0.717, 1.165) is 0 Å². The van der Waals surface area contributed by atoms with Crippen LogP contribution in [0.15, 0.2) is 10.5 Å². The van der Waals surface area contributed by atoms with E-state index in [9.17, 15) is 14.2 Å². The highest BCUT2D eigenvalue weighted by Gasteiger charge is 2.29. The first kappa shape index (κ1) is 15.8. The van der Waals surface area contributed by atoms with E-state index in [1.807, 2.05) is 0 Å². The van der Waals surface area contributed by atoms with Gasteiger partial charge in [-0.1, -0.05) is 0 Å². The molecule has 0 spiro atoms. The van der Waals surface area contributed by atoms with Gasteiger partial charge in [0.1, 0.15) is 11.9 Å². The van der Waals surface area contributed by atoms with Gasteiger partial charge in [0.15, 0.2) is 17.8 Å². The zero-order chi connectivity index (χ0) is 14.5. The zero-order valence-corrected chi connectivity index (χ0v) is 12.1. The third-order valence-electron chi connectivity index (χ3n) is 2.31. The van der Waals surface area contributed by atoms with Gasteiger partial charge >= 0.3 is 7.60 Å². The molecule has 0 bridgehead atoms. The van der Waals surface area contributed by atoms with Gasteiger partial charge in [-0.2, -0.15) is 0 Å². The fourth-order valence-electron chi connectivity index (χ4n) is 1.62. The first-order chi connectivity index (χ1) is 8.95. The lowest BCUT2D eigenvalue weighted by Crippen LogP contribution is -2.01. The van der Waals surface area contributed by atoms with Crippen molar-refractivity contribution in [1.82, 2.24) is 0 Å². The minimum absolute atomic E-state index is 0.0137. The van der Waals surface area contributed by atoms with Crippen LogP contribution in [0.3, 0.4) is 0 Å². The van der Waals surface area contributed by atoms with Crippen molar-refractivity contribution >= 4 is 19.7 Å². The Morgan fingerprint density at radius 1 is 1.37 bits per heavy atom. The van der Waals surface area contributed by atoms with E-state index in [-0.39, 0.29) is 42.2 Å². The molecule has 0 saturated heterocycles. The maximum Gasteiger partial charge on any atom is 0.338 e. The average molecular weight is 288 g/mol. The number of aldehydes is 1. The van der Waals surface area contributed by atoms with Gasteiger partial charge < -0.3 is 13.5 Å². The molecule has 0 aliphatic carbocycles. The molecule has 0 atom stereocenters. The van der Waals surface area contributed by atoms with Crippen molar-refractivity contribution in [3.63, 3.8) is 0 Å². The van der Waals surface area contributed by atoms with Crippen molar-refractivity contribution < 1.29 is 27.6 Å². The van der Waals surface area contributed by atoms with Gasteiger partial charge in [0.05, 0.1) is 18.8 Å². The summed E-state index contributed by atoms with van der Waals surface area (Å²) in [5, 5.41) is 0. The van der Waals surface area contributed by atoms with Crippen LogP contribution < -0.4 is 0 Å². The number of hydrogen-bond acceptors (Lipinski definition) is 6. The van der Waals surface area contributed by atoms with E-state index in [0.29, 0.717) is 6.29 Å². The van der Waals surface area contributed by atoms with Crippen LogP contribution in [-0.4, -0.2) is 25.3 Å². The summed E-state index contributed by atoms with van der Waals surface area (Å²) in [4.78, 5) is 22.1. The van der Waals surface area contributed by atoms with E-state index < -0.39 is 7.60 Å². The molecule has 19 heavy (non-hydrogen) atoms. The standard InChI is InChI=1S/C12H17O6P/c1-4-16-19(15,17-5-2)8-12-11(9(3)14)6-10(7-13)18-12/h6-7H,4-5,8H2,1-3H3. The van der Waals surface area contributed by atoms with Gasteiger partial charge in [0.2, 0.25) is 0 Å². The number of furan rings is 1. The van der Waals surface area contributed by atoms with E-state index in [2.05, 4.69) is 0 Å². The van der Waals surface area contributed by atoms with Crippen molar-refractivity contribution in [3.8, 4) is 0 Å². The van der Waals surface area contributed by atoms with Crippen LogP contribution in [0.4, 0.5) is 0 Å². The maximum atomic E-state index is 12.4. The first-order valence-electron chi connectivity index (χ1n) is 5.92. The van der Waals surface area contributed by atoms with E-state index in [1.165, 1.54) is 13.0 Å². The van der Waals surface area contributed by atoms with Crippen LogP contribution in [-0.2, 0) is 19.8 Å². The Balaban J connectivity index is 3.08. The largest absolute Gasteiger partial charge is 0.457 e. The molecule has 0 unspecified atom stereocenters. The molecule has 1 rings (SSSR count). The second kappa shape index (κ2) is 6.80. The molecule has 0 aliphatic heterocycles. The molecule has 1 aromatic rings. The second-order valence-electron chi connectivity index (χ2n) is 3.76. The summed E-state index contributed by atoms with van der Waals surface area (Å²) in [6.45, 7) is 5.16. The first-order valence-corrected chi connectivity index (χ1v) is 7.65. The van der Waals surface area contributed by atoms with Gasteiger partial charge in [-0.15, -0.1) is 0 Å². The Morgan fingerprint density at radius 2 is 1.95 bits per heavy atom. The van der Waals surface area contributed by atoms with Crippen LogP contribution in [0.2, 0.25) is 0 Å². The van der Waals surface area contributed by atoms with Crippen molar-refractivity contribution in [2.24, 2.45) is 0 Å². The third kappa shape index (κ3) is 4.13. The quantitative estimate of drug-likeness (QED) is 0.415. The van der Waals surface area contributed by atoms with Crippen LogP contribution in [0, 0.1) is 0 Å². The third-order valence-corrected chi connectivity index (χ3v) is 4.29. The highest BCUT2D eigenvalue weighted by Crippen LogP contribution is 2.51. The van der Waals surface area contributed by atoms with Gasteiger partial charge in [-0.25, -0.2) is 0 Å². The molecule has 106 valence electrons. The Morgan fingerprint density at radius 3 is 2.37 bits per heavy atom. The predicted molar refractivity (Wildman–Crippen MR) is 68.7 cm³/mol. The summed E-state index contributed by atoms with van der Waals surface area (Å²) in [7, 11) is -3.37. The summed E-state index contributed by atoms with van der Waals surface area (Å²) in [5.74, 6) is -0.106. The zero-order valence-electron chi connectivity index (χ0n) is 11.2. The minimum atomic E-state index is -3.37. The molecule has 0 aliphatic rings. The average Bonchev–Trinajstić information content (AvgIpc) is 2.72. The summed E-state index contributed by atoms with van der Waals surface area (Å²) < 4.78 is 27.8. The van der Waals surface area contributed by atoms with Crippen molar-refractivity contribution in [1.29, 1.82) is 0 Å². The van der Waals surface area contributed by atoms with Gasteiger partial charge in [-0.3, -0.25) is 14.2 Å².